The van der Waals surface area contributed by atoms with Crippen molar-refractivity contribution in [3.8, 4) is 12.0 Å². The van der Waals surface area contributed by atoms with Crippen molar-refractivity contribution in [3.05, 3.63) is 37.2 Å². The van der Waals surface area contributed by atoms with E-state index in [1.54, 1.807) is 37.2 Å². The maximum Gasteiger partial charge on any atom is 0.674 e. The van der Waals surface area contributed by atoms with E-state index in [4.69, 9.17) is 9.31 Å². The Hall–Kier alpha value is -2.71. The van der Waals surface area contributed by atoms with Gasteiger partial charge in [-0.3, -0.25) is 0 Å². The molecular formula is C9H9BN6O2. The zero-order chi connectivity index (χ0) is 12.2. The van der Waals surface area contributed by atoms with Crippen LogP contribution >= 0.6 is 0 Å². The molecule has 0 atom stereocenters. The number of nitrogens with one attached hydrogen (secondary N) is 3. The number of hydrogen-bond acceptors (Lipinski definition) is 5. The summed E-state index contributed by atoms with van der Waals surface area (Å²) < 4.78 is 11.1. The van der Waals surface area contributed by atoms with Crippen LogP contribution in [0.1, 0.15) is 0 Å². The molecule has 0 aliphatic heterocycles. The van der Waals surface area contributed by atoms with E-state index in [9.17, 15) is 0 Å². The first kappa shape index (κ1) is 10.4. The predicted molar refractivity (Wildman–Crippen MR) is 62.4 cm³/mol. The lowest BCUT2D eigenvalue weighted by atomic mass is 9.89. The van der Waals surface area contributed by atoms with E-state index in [1.165, 1.54) is 0 Å². The summed E-state index contributed by atoms with van der Waals surface area (Å²) in [6, 6.07) is 0.672. The molecule has 3 aromatic heterocycles. The van der Waals surface area contributed by atoms with E-state index < -0.39 is 7.12 Å². The third-order valence-corrected chi connectivity index (χ3v) is 2.13. The lowest BCUT2D eigenvalue weighted by molar-refractivity contribution is 0.403. The standard InChI is InChI=1S/C9H9BN6O2/c1-2-12-7(11-1)10(17-8-13-3-4-14-8)18-9-15-5-6-16-9/h1-6H,(H,11,12)(H,13,14)(H,15,16). The first-order chi connectivity index (χ1) is 8.92. The van der Waals surface area contributed by atoms with Crippen molar-refractivity contribution in [3.63, 3.8) is 0 Å². The highest BCUT2D eigenvalue weighted by Crippen LogP contribution is 2.05. The normalized spacial score (nSPS) is 10.2. The van der Waals surface area contributed by atoms with Gasteiger partial charge < -0.3 is 24.3 Å². The van der Waals surface area contributed by atoms with E-state index in [-0.39, 0.29) is 0 Å². The smallest absolute Gasteiger partial charge is 0.492 e. The maximum atomic E-state index is 5.53. The molecule has 0 aliphatic carbocycles. The Balaban J connectivity index is 1.80. The molecule has 18 heavy (non-hydrogen) atoms. The van der Waals surface area contributed by atoms with Crippen LogP contribution in [0.5, 0.6) is 12.0 Å². The van der Waals surface area contributed by atoms with Crippen molar-refractivity contribution in [2.24, 2.45) is 0 Å². The highest BCUT2D eigenvalue weighted by molar-refractivity contribution is 6.60. The molecule has 0 amide bonds. The van der Waals surface area contributed by atoms with Gasteiger partial charge in [0.2, 0.25) is 0 Å². The molecule has 3 N–H and O–H groups in total. The molecule has 3 heterocycles. The summed E-state index contributed by atoms with van der Waals surface area (Å²) >= 11 is 0. The third-order valence-electron chi connectivity index (χ3n) is 2.13. The van der Waals surface area contributed by atoms with E-state index in [0.717, 1.165) is 0 Å². The van der Waals surface area contributed by atoms with E-state index >= 15 is 0 Å². The van der Waals surface area contributed by atoms with Gasteiger partial charge in [0.05, 0.1) is 0 Å². The van der Waals surface area contributed by atoms with Crippen molar-refractivity contribution in [2.45, 2.75) is 0 Å². The van der Waals surface area contributed by atoms with Gasteiger partial charge in [0.15, 0.2) is 5.72 Å². The average Bonchev–Trinajstić information content (AvgIpc) is 3.13. The highest BCUT2D eigenvalue weighted by atomic mass is 16.6. The Morgan fingerprint density at radius 1 is 0.778 bits per heavy atom. The Kier molecular flexibility index (Phi) is 2.70. The molecule has 0 spiro atoms. The molecule has 8 nitrogen and oxygen atoms in total. The van der Waals surface area contributed by atoms with Crippen molar-refractivity contribution in [1.82, 2.24) is 29.9 Å². The van der Waals surface area contributed by atoms with Gasteiger partial charge in [0.1, 0.15) is 0 Å². The van der Waals surface area contributed by atoms with Crippen molar-refractivity contribution in [1.29, 1.82) is 0 Å². The van der Waals surface area contributed by atoms with Crippen molar-refractivity contribution < 1.29 is 9.31 Å². The van der Waals surface area contributed by atoms with Gasteiger partial charge in [0.25, 0.3) is 12.0 Å². The minimum atomic E-state index is -0.766. The lowest BCUT2D eigenvalue weighted by Crippen LogP contribution is -2.45. The summed E-state index contributed by atoms with van der Waals surface area (Å²) in [5.41, 5.74) is 0.516. The third kappa shape index (κ3) is 2.19. The van der Waals surface area contributed by atoms with Gasteiger partial charge in [0, 0.05) is 37.2 Å². The Bertz CT molecular complexity index is 528. The molecule has 0 bridgehead atoms. The van der Waals surface area contributed by atoms with Crippen LogP contribution in [0, 0.1) is 0 Å². The lowest BCUT2D eigenvalue weighted by Gasteiger charge is -2.10. The molecular weight excluding hydrogens is 235 g/mol. The molecule has 0 aliphatic rings. The molecule has 0 radical (unpaired) electrons. The summed E-state index contributed by atoms with van der Waals surface area (Å²) in [6.07, 6.45) is 9.77. The van der Waals surface area contributed by atoms with Crippen LogP contribution in [0.3, 0.4) is 0 Å². The van der Waals surface area contributed by atoms with Crippen LogP contribution in [0.25, 0.3) is 0 Å². The quantitative estimate of drug-likeness (QED) is 0.535. The van der Waals surface area contributed by atoms with Gasteiger partial charge in [-0.25, -0.2) is 15.0 Å². The fourth-order valence-corrected chi connectivity index (χ4v) is 1.38. The second kappa shape index (κ2) is 4.66. The average molecular weight is 244 g/mol. The molecule has 9 heteroatoms. The fourth-order valence-electron chi connectivity index (χ4n) is 1.38. The highest BCUT2D eigenvalue weighted by Gasteiger charge is 2.31. The van der Waals surface area contributed by atoms with Crippen LogP contribution in [0.4, 0.5) is 0 Å². The minimum absolute atomic E-state index is 0.336. The van der Waals surface area contributed by atoms with Crippen LogP contribution in [0.15, 0.2) is 37.2 Å². The van der Waals surface area contributed by atoms with Gasteiger partial charge in [-0.15, -0.1) is 0 Å². The van der Waals surface area contributed by atoms with E-state index in [0.29, 0.717) is 17.7 Å². The number of H-pyrrole nitrogens is 3. The van der Waals surface area contributed by atoms with Crippen LogP contribution in [0.2, 0.25) is 0 Å². The number of aromatic nitrogens is 6. The monoisotopic (exact) mass is 244 g/mol. The Morgan fingerprint density at radius 3 is 1.78 bits per heavy atom. The number of rotatable bonds is 5. The first-order valence-corrected chi connectivity index (χ1v) is 5.23. The maximum absolute atomic E-state index is 5.53. The van der Waals surface area contributed by atoms with Crippen LogP contribution < -0.4 is 15.0 Å². The first-order valence-electron chi connectivity index (χ1n) is 5.23. The summed E-state index contributed by atoms with van der Waals surface area (Å²) in [6.45, 7) is 0. The zero-order valence-electron chi connectivity index (χ0n) is 9.20. The second-order valence-electron chi connectivity index (χ2n) is 3.33. The van der Waals surface area contributed by atoms with Gasteiger partial charge in [-0.1, -0.05) is 0 Å². The molecule has 0 aromatic carbocycles. The summed E-state index contributed by atoms with van der Waals surface area (Å²) in [7, 11) is -0.766. The van der Waals surface area contributed by atoms with E-state index in [2.05, 4.69) is 29.9 Å². The van der Waals surface area contributed by atoms with Gasteiger partial charge >= 0.3 is 7.12 Å². The predicted octanol–water partition coefficient (Wildman–Crippen LogP) is -0.291. The molecule has 0 unspecified atom stereocenters. The Morgan fingerprint density at radius 2 is 1.33 bits per heavy atom. The zero-order valence-corrected chi connectivity index (χ0v) is 9.20. The summed E-state index contributed by atoms with van der Waals surface area (Å²) in [4.78, 5) is 20.6. The molecule has 90 valence electrons. The van der Waals surface area contributed by atoms with Crippen molar-refractivity contribution in [2.75, 3.05) is 0 Å². The molecule has 0 fully saturated rings. The minimum Gasteiger partial charge on any atom is -0.492 e. The topological polar surface area (TPSA) is 104 Å². The number of hydrogen-bond donors (Lipinski definition) is 3. The molecule has 3 rings (SSSR count). The van der Waals surface area contributed by atoms with E-state index in [1.807, 2.05) is 0 Å². The number of imidazole rings is 3. The fraction of sp³-hybridized carbons (Fsp3) is 0. The van der Waals surface area contributed by atoms with Gasteiger partial charge in [-0.2, -0.15) is 0 Å². The largest absolute Gasteiger partial charge is 0.674 e. The SMILES string of the molecule is c1c[nH]c(OB(Oc2ncc[nH]2)c2ncc[nH]2)n1. The second-order valence-corrected chi connectivity index (χ2v) is 3.33. The molecule has 0 saturated carbocycles. The molecule has 3 aromatic rings. The van der Waals surface area contributed by atoms with Gasteiger partial charge in [-0.05, 0) is 0 Å². The Labute approximate surface area is 102 Å². The van der Waals surface area contributed by atoms with Crippen LogP contribution in [-0.2, 0) is 0 Å². The number of nitrogens with zero attached hydrogens (tertiary/aromatic N) is 3. The van der Waals surface area contributed by atoms with Crippen molar-refractivity contribution >= 4 is 12.8 Å². The summed E-state index contributed by atoms with van der Waals surface area (Å²) in [5.74, 6) is 0. The van der Waals surface area contributed by atoms with Crippen LogP contribution in [-0.4, -0.2) is 37.0 Å². The molecule has 0 saturated heterocycles. The summed E-state index contributed by atoms with van der Waals surface area (Å²) in [5, 5.41) is 0. The number of aromatic amines is 3.